The van der Waals surface area contributed by atoms with Gasteiger partial charge in [-0.1, -0.05) is 6.92 Å². The standard InChI is InChI=1S/C9H22N2O/c1-5-11(9(2,3)4)7-8(12)6-10/h8,12H,5-7,10H2,1-4H3. The van der Waals surface area contributed by atoms with Crippen molar-refractivity contribution in [2.75, 3.05) is 19.6 Å². The number of nitrogens with zero attached hydrogens (tertiary/aromatic N) is 1. The second kappa shape index (κ2) is 4.80. The third kappa shape index (κ3) is 4.04. The molecule has 0 heterocycles. The molecule has 0 aromatic carbocycles. The molecule has 3 heteroatoms. The molecule has 0 aromatic heterocycles. The summed E-state index contributed by atoms with van der Waals surface area (Å²) in [4.78, 5) is 2.21. The maximum atomic E-state index is 9.36. The highest BCUT2D eigenvalue weighted by atomic mass is 16.3. The fourth-order valence-electron chi connectivity index (χ4n) is 1.21. The van der Waals surface area contributed by atoms with Crippen LogP contribution in [-0.4, -0.2) is 41.3 Å². The monoisotopic (exact) mass is 174 g/mol. The Morgan fingerprint density at radius 3 is 2.17 bits per heavy atom. The van der Waals surface area contributed by atoms with E-state index in [1.54, 1.807) is 0 Å². The van der Waals surface area contributed by atoms with Gasteiger partial charge >= 0.3 is 0 Å². The third-order valence-electron chi connectivity index (χ3n) is 2.03. The van der Waals surface area contributed by atoms with Crippen molar-refractivity contribution in [2.45, 2.75) is 39.3 Å². The summed E-state index contributed by atoms with van der Waals surface area (Å²) in [6.45, 7) is 10.5. The number of aliphatic hydroxyl groups excluding tert-OH is 1. The third-order valence-corrected chi connectivity index (χ3v) is 2.03. The molecule has 0 saturated carbocycles. The van der Waals surface area contributed by atoms with Gasteiger partial charge in [-0.05, 0) is 27.3 Å². The Morgan fingerprint density at radius 1 is 1.42 bits per heavy atom. The second-order valence-corrected chi connectivity index (χ2v) is 4.10. The Bertz CT molecular complexity index is 120. The van der Waals surface area contributed by atoms with Crippen LogP contribution in [0.15, 0.2) is 0 Å². The zero-order valence-corrected chi connectivity index (χ0v) is 8.67. The summed E-state index contributed by atoms with van der Waals surface area (Å²) in [6, 6.07) is 0. The van der Waals surface area contributed by atoms with Crippen molar-refractivity contribution in [1.82, 2.24) is 4.90 Å². The van der Waals surface area contributed by atoms with E-state index in [0.29, 0.717) is 13.1 Å². The van der Waals surface area contributed by atoms with E-state index in [9.17, 15) is 5.11 Å². The molecule has 0 aliphatic heterocycles. The number of hydrogen-bond acceptors (Lipinski definition) is 3. The summed E-state index contributed by atoms with van der Waals surface area (Å²) >= 11 is 0. The molecule has 0 spiro atoms. The summed E-state index contributed by atoms with van der Waals surface area (Å²) in [7, 11) is 0. The van der Waals surface area contributed by atoms with Crippen LogP contribution in [0.3, 0.4) is 0 Å². The summed E-state index contributed by atoms with van der Waals surface area (Å²) in [5.74, 6) is 0. The van der Waals surface area contributed by atoms with Crippen LogP contribution in [0, 0.1) is 0 Å². The SMILES string of the molecule is CCN(CC(O)CN)C(C)(C)C. The second-order valence-electron chi connectivity index (χ2n) is 4.10. The first kappa shape index (κ1) is 11.9. The predicted molar refractivity (Wildman–Crippen MR) is 52.1 cm³/mol. The Morgan fingerprint density at radius 2 is 1.92 bits per heavy atom. The van der Waals surface area contributed by atoms with E-state index in [1.807, 2.05) is 0 Å². The van der Waals surface area contributed by atoms with Crippen LogP contribution < -0.4 is 5.73 Å². The topological polar surface area (TPSA) is 49.5 Å². The Labute approximate surface area is 75.6 Å². The number of rotatable bonds is 4. The highest BCUT2D eigenvalue weighted by Crippen LogP contribution is 2.12. The minimum Gasteiger partial charge on any atom is -0.390 e. The van der Waals surface area contributed by atoms with Crippen LogP contribution in [0.2, 0.25) is 0 Å². The van der Waals surface area contributed by atoms with Gasteiger partial charge in [-0.25, -0.2) is 0 Å². The van der Waals surface area contributed by atoms with Crippen molar-refractivity contribution in [3.8, 4) is 0 Å². The average Bonchev–Trinajstić information content (AvgIpc) is 1.97. The van der Waals surface area contributed by atoms with Gasteiger partial charge < -0.3 is 10.8 Å². The van der Waals surface area contributed by atoms with Gasteiger partial charge in [0, 0.05) is 18.6 Å². The van der Waals surface area contributed by atoms with Gasteiger partial charge in [-0.2, -0.15) is 0 Å². The van der Waals surface area contributed by atoms with E-state index in [2.05, 4.69) is 32.6 Å². The molecule has 3 N–H and O–H groups in total. The van der Waals surface area contributed by atoms with E-state index in [4.69, 9.17) is 5.73 Å². The van der Waals surface area contributed by atoms with Crippen LogP contribution in [0.5, 0.6) is 0 Å². The van der Waals surface area contributed by atoms with Gasteiger partial charge in [-0.3, -0.25) is 4.90 Å². The van der Waals surface area contributed by atoms with Crippen LogP contribution in [0.1, 0.15) is 27.7 Å². The minimum atomic E-state index is -0.399. The van der Waals surface area contributed by atoms with Gasteiger partial charge in [-0.15, -0.1) is 0 Å². The van der Waals surface area contributed by atoms with Gasteiger partial charge in [0.2, 0.25) is 0 Å². The zero-order valence-electron chi connectivity index (χ0n) is 8.67. The van der Waals surface area contributed by atoms with Gasteiger partial charge in [0.15, 0.2) is 0 Å². The van der Waals surface area contributed by atoms with Gasteiger partial charge in [0.1, 0.15) is 0 Å². The maximum absolute atomic E-state index is 9.36. The first-order valence-corrected chi connectivity index (χ1v) is 4.55. The fourth-order valence-corrected chi connectivity index (χ4v) is 1.21. The molecule has 0 aliphatic carbocycles. The molecule has 0 fully saturated rings. The molecule has 0 radical (unpaired) electrons. The van der Waals surface area contributed by atoms with Crippen molar-refractivity contribution < 1.29 is 5.11 Å². The average molecular weight is 174 g/mol. The Kier molecular flexibility index (Phi) is 4.75. The highest BCUT2D eigenvalue weighted by molar-refractivity contribution is 4.77. The molecule has 1 atom stereocenters. The number of aliphatic hydroxyl groups is 1. The van der Waals surface area contributed by atoms with Crippen molar-refractivity contribution in [3.05, 3.63) is 0 Å². The summed E-state index contributed by atoms with van der Waals surface area (Å²) in [5.41, 5.74) is 5.46. The number of β-amino-alcohol motifs (C(OH)–C–C–N with tert-alkyl or cyclic N) is 1. The van der Waals surface area contributed by atoms with Crippen molar-refractivity contribution in [1.29, 1.82) is 0 Å². The minimum absolute atomic E-state index is 0.116. The van der Waals surface area contributed by atoms with E-state index in [1.165, 1.54) is 0 Å². The van der Waals surface area contributed by atoms with Gasteiger partial charge in [0.25, 0.3) is 0 Å². The van der Waals surface area contributed by atoms with E-state index < -0.39 is 6.10 Å². The van der Waals surface area contributed by atoms with E-state index in [-0.39, 0.29) is 5.54 Å². The first-order valence-electron chi connectivity index (χ1n) is 4.55. The maximum Gasteiger partial charge on any atom is 0.0789 e. The normalized spacial score (nSPS) is 15.2. The molecular weight excluding hydrogens is 152 g/mol. The first-order chi connectivity index (χ1) is 5.41. The quantitative estimate of drug-likeness (QED) is 0.649. The van der Waals surface area contributed by atoms with Crippen LogP contribution in [0.25, 0.3) is 0 Å². The summed E-state index contributed by atoms with van der Waals surface area (Å²) in [5, 5.41) is 9.36. The molecule has 12 heavy (non-hydrogen) atoms. The molecule has 0 saturated heterocycles. The lowest BCUT2D eigenvalue weighted by molar-refractivity contribution is 0.0671. The predicted octanol–water partition coefficient (Wildman–Crippen LogP) is 0.426. The molecule has 0 rings (SSSR count). The smallest absolute Gasteiger partial charge is 0.0789 e. The number of hydrogen-bond donors (Lipinski definition) is 2. The molecular formula is C9H22N2O. The van der Waals surface area contributed by atoms with Gasteiger partial charge in [0.05, 0.1) is 6.10 Å². The lowest BCUT2D eigenvalue weighted by atomic mass is 10.1. The molecule has 0 amide bonds. The fraction of sp³-hybridized carbons (Fsp3) is 1.00. The summed E-state index contributed by atoms with van der Waals surface area (Å²) < 4.78 is 0. The number of nitrogens with two attached hydrogens (primary N) is 1. The zero-order chi connectivity index (χ0) is 9.78. The Balaban J connectivity index is 4.00. The van der Waals surface area contributed by atoms with E-state index >= 15 is 0 Å². The molecule has 0 aromatic rings. The molecule has 1 unspecified atom stereocenters. The van der Waals surface area contributed by atoms with E-state index in [0.717, 1.165) is 6.54 Å². The van der Waals surface area contributed by atoms with Crippen molar-refractivity contribution >= 4 is 0 Å². The molecule has 74 valence electrons. The summed E-state index contributed by atoms with van der Waals surface area (Å²) in [6.07, 6.45) is -0.399. The lowest BCUT2D eigenvalue weighted by Crippen LogP contribution is -2.46. The molecule has 0 bridgehead atoms. The Hall–Kier alpha value is -0.120. The van der Waals surface area contributed by atoms with Crippen LogP contribution in [0.4, 0.5) is 0 Å². The highest BCUT2D eigenvalue weighted by Gasteiger charge is 2.21. The molecule has 3 nitrogen and oxygen atoms in total. The number of likely N-dealkylation sites (N-methyl/N-ethyl adjacent to an activating group) is 1. The largest absolute Gasteiger partial charge is 0.390 e. The van der Waals surface area contributed by atoms with Crippen LogP contribution >= 0.6 is 0 Å². The van der Waals surface area contributed by atoms with Crippen LogP contribution in [-0.2, 0) is 0 Å². The lowest BCUT2D eigenvalue weighted by Gasteiger charge is -2.35. The molecule has 0 aliphatic rings. The van der Waals surface area contributed by atoms with Crippen molar-refractivity contribution in [3.63, 3.8) is 0 Å². The van der Waals surface area contributed by atoms with Crippen molar-refractivity contribution in [2.24, 2.45) is 5.73 Å².